The van der Waals surface area contributed by atoms with Crippen LogP contribution in [0.1, 0.15) is 26.3 Å². The summed E-state index contributed by atoms with van der Waals surface area (Å²) in [7, 11) is 1.15. The van der Waals surface area contributed by atoms with Crippen molar-refractivity contribution in [1.82, 2.24) is 0 Å². The van der Waals surface area contributed by atoms with Gasteiger partial charge in [-0.1, -0.05) is 36.4 Å². The van der Waals surface area contributed by atoms with E-state index in [9.17, 15) is 19.7 Å². The van der Waals surface area contributed by atoms with Gasteiger partial charge in [0.25, 0.3) is 5.69 Å². The number of benzene rings is 2. The molecule has 0 N–H and O–H groups in total. The zero-order valence-corrected chi connectivity index (χ0v) is 13.4. The van der Waals surface area contributed by atoms with Crippen LogP contribution in [0.25, 0.3) is 6.08 Å². The van der Waals surface area contributed by atoms with E-state index in [0.29, 0.717) is 0 Å². The number of carbonyl (C=O) groups excluding carboxylic acids is 2. The Kier molecular flexibility index (Phi) is 6.00. The van der Waals surface area contributed by atoms with Crippen LogP contribution < -0.4 is 0 Å². The summed E-state index contributed by atoms with van der Waals surface area (Å²) in [4.78, 5) is 33.9. The van der Waals surface area contributed by atoms with Gasteiger partial charge in [-0.15, -0.1) is 0 Å². The molecule has 0 aliphatic heterocycles. The first-order chi connectivity index (χ1) is 12.0. The van der Waals surface area contributed by atoms with Crippen molar-refractivity contribution in [3.63, 3.8) is 0 Å². The number of non-ortho nitro benzene ring substituents is 1. The molecule has 0 fully saturated rings. The van der Waals surface area contributed by atoms with Crippen LogP contribution in [0.4, 0.5) is 5.69 Å². The molecule has 0 bridgehead atoms. The number of carbonyl (C=O) groups is 2. The first-order valence-electron chi connectivity index (χ1n) is 7.28. The predicted molar refractivity (Wildman–Crippen MR) is 90.2 cm³/mol. The number of hydrogen-bond acceptors (Lipinski definition) is 6. The van der Waals surface area contributed by atoms with Gasteiger partial charge < -0.3 is 9.47 Å². The summed E-state index contributed by atoms with van der Waals surface area (Å²) in [6, 6.07) is 12.7. The van der Waals surface area contributed by atoms with E-state index in [1.165, 1.54) is 6.07 Å². The van der Waals surface area contributed by atoms with Gasteiger partial charge in [-0.25, -0.2) is 9.59 Å². The van der Waals surface area contributed by atoms with E-state index in [1.54, 1.807) is 12.2 Å². The van der Waals surface area contributed by atoms with Gasteiger partial charge in [0.2, 0.25) is 0 Å². The summed E-state index contributed by atoms with van der Waals surface area (Å²) >= 11 is 0. The summed E-state index contributed by atoms with van der Waals surface area (Å²) in [6.07, 6.45) is 3.42. The minimum Gasteiger partial charge on any atom is -0.465 e. The standard InChI is InChI=1S/C18H15NO6/c1-24-17(20)14-10-15(12-16(11-14)19(22)23)18(21)25-9-5-8-13-6-3-2-4-7-13/h2-8,10-12H,9H2,1H3/b8-5+. The van der Waals surface area contributed by atoms with Gasteiger partial charge in [0, 0.05) is 12.1 Å². The highest BCUT2D eigenvalue weighted by Crippen LogP contribution is 2.19. The fourth-order valence-electron chi connectivity index (χ4n) is 2.03. The Hall–Kier alpha value is -3.48. The zero-order valence-electron chi connectivity index (χ0n) is 13.4. The fraction of sp³-hybridized carbons (Fsp3) is 0.111. The lowest BCUT2D eigenvalue weighted by atomic mass is 10.1. The van der Waals surface area contributed by atoms with Crippen LogP contribution in [0.3, 0.4) is 0 Å². The van der Waals surface area contributed by atoms with E-state index in [4.69, 9.17) is 4.74 Å². The summed E-state index contributed by atoms with van der Waals surface area (Å²) in [5.41, 5.74) is 0.364. The van der Waals surface area contributed by atoms with Crippen LogP contribution in [0, 0.1) is 10.1 Å². The van der Waals surface area contributed by atoms with Gasteiger partial charge in [-0.05, 0) is 17.7 Å². The maximum absolute atomic E-state index is 12.1. The second kappa shape index (κ2) is 8.39. The van der Waals surface area contributed by atoms with Crippen LogP contribution in [-0.2, 0) is 9.47 Å². The quantitative estimate of drug-likeness (QED) is 0.454. The van der Waals surface area contributed by atoms with Crippen molar-refractivity contribution in [3.8, 4) is 0 Å². The monoisotopic (exact) mass is 341 g/mol. The smallest absolute Gasteiger partial charge is 0.338 e. The van der Waals surface area contributed by atoms with Crippen LogP contribution in [0.5, 0.6) is 0 Å². The Morgan fingerprint density at radius 1 is 1.08 bits per heavy atom. The third kappa shape index (κ3) is 5.00. The van der Waals surface area contributed by atoms with Crippen molar-refractivity contribution in [2.45, 2.75) is 0 Å². The van der Waals surface area contributed by atoms with Crippen molar-refractivity contribution < 1.29 is 24.0 Å². The summed E-state index contributed by atoms with van der Waals surface area (Å²) in [5.74, 6) is -1.55. The third-order valence-electron chi connectivity index (χ3n) is 3.21. The van der Waals surface area contributed by atoms with E-state index in [0.717, 1.165) is 24.8 Å². The molecule has 0 aliphatic rings. The van der Waals surface area contributed by atoms with Gasteiger partial charge >= 0.3 is 11.9 Å². The number of nitro benzene ring substituents is 1. The predicted octanol–water partition coefficient (Wildman–Crippen LogP) is 3.25. The average Bonchev–Trinajstić information content (AvgIpc) is 2.64. The van der Waals surface area contributed by atoms with Gasteiger partial charge in [0.05, 0.1) is 23.2 Å². The maximum Gasteiger partial charge on any atom is 0.338 e. The molecular formula is C18H15NO6. The van der Waals surface area contributed by atoms with Crippen molar-refractivity contribution in [2.75, 3.05) is 13.7 Å². The van der Waals surface area contributed by atoms with Crippen LogP contribution in [-0.4, -0.2) is 30.6 Å². The largest absolute Gasteiger partial charge is 0.465 e. The minimum absolute atomic E-state index is 0.00994. The summed E-state index contributed by atoms with van der Waals surface area (Å²) in [6.45, 7) is -0.00994. The molecule has 0 unspecified atom stereocenters. The lowest BCUT2D eigenvalue weighted by molar-refractivity contribution is -0.384. The summed E-state index contributed by atoms with van der Waals surface area (Å²) < 4.78 is 9.58. The molecule has 0 atom stereocenters. The number of ether oxygens (including phenoxy) is 2. The number of nitrogens with zero attached hydrogens (tertiary/aromatic N) is 1. The second-order valence-electron chi connectivity index (χ2n) is 4.93. The van der Waals surface area contributed by atoms with Gasteiger partial charge in [0.15, 0.2) is 0 Å². The Labute approximate surface area is 143 Å². The molecule has 2 aromatic carbocycles. The van der Waals surface area contributed by atoms with Gasteiger partial charge in [0.1, 0.15) is 6.61 Å². The molecule has 25 heavy (non-hydrogen) atoms. The molecule has 2 aromatic rings. The van der Waals surface area contributed by atoms with Crippen molar-refractivity contribution in [1.29, 1.82) is 0 Å². The van der Waals surface area contributed by atoms with Crippen LogP contribution >= 0.6 is 0 Å². The number of methoxy groups -OCH3 is 1. The molecule has 0 saturated heterocycles. The number of rotatable bonds is 6. The van der Waals surface area contributed by atoms with Crippen LogP contribution in [0.15, 0.2) is 54.6 Å². The SMILES string of the molecule is COC(=O)c1cc(C(=O)OC/C=C/c2ccccc2)cc([N+](=O)[O-])c1. The van der Waals surface area contributed by atoms with Gasteiger partial charge in [-0.3, -0.25) is 10.1 Å². The molecule has 0 aromatic heterocycles. The lowest BCUT2D eigenvalue weighted by Gasteiger charge is -2.05. The van der Waals surface area contributed by atoms with E-state index in [2.05, 4.69) is 4.74 Å². The molecule has 0 radical (unpaired) electrons. The topological polar surface area (TPSA) is 95.7 Å². The van der Waals surface area contributed by atoms with E-state index in [-0.39, 0.29) is 17.7 Å². The second-order valence-corrected chi connectivity index (χ2v) is 4.93. The first kappa shape index (κ1) is 17.9. The minimum atomic E-state index is -0.776. The number of esters is 2. The van der Waals surface area contributed by atoms with Crippen molar-refractivity contribution >= 4 is 23.7 Å². The Morgan fingerprint density at radius 2 is 1.72 bits per heavy atom. The molecule has 7 heteroatoms. The highest BCUT2D eigenvalue weighted by molar-refractivity contribution is 5.96. The van der Waals surface area contributed by atoms with Crippen molar-refractivity contribution in [2.24, 2.45) is 0 Å². The molecule has 0 amide bonds. The van der Waals surface area contributed by atoms with Crippen LogP contribution in [0.2, 0.25) is 0 Å². The summed E-state index contributed by atoms with van der Waals surface area (Å²) in [5, 5.41) is 10.9. The first-order valence-corrected chi connectivity index (χ1v) is 7.28. The fourth-order valence-corrected chi connectivity index (χ4v) is 2.03. The van der Waals surface area contributed by atoms with E-state index < -0.39 is 22.5 Å². The van der Waals surface area contributed by atoms with E-state index in [1.807, 2.05) is 30.3 Å². The number of nitro groups is 1. The van der Waals surface area contributed by atoms with Gasteiger partial charge in [-0.2, -0.15) is 0 Å². The highest BCUT2D eigenvalue weighted by Gasteiger charge is 2.18. The van der Waals surface area contributed by atoms with E-state index >= 15 is 0 Å². The molecule has 0 spiro atoms. The molecular weight excluding hydrogens is 326 g/mol. The molecule has 0 aliphatic carbocycles. The number of hydrogen-bond donors (Lipinski definition) is 0. The normalized spacial score (nSPS) is 10.4. The Morgan fingerprint density at radius 3 is 2.32 bits per heavy atom. The lowest BCUT2D eigenvalue weighted by Crippen LogP contribution is -2.09. The zero-order chi connectivity index (χ0) is 18.2. The Balaban J connectivity index is 2.10. The molecule has 7 nitrogen and oxygen atoms in total. The molecule has 128 valence electrons. The maximum atomic E-state index is 12.1. The average molecular weight is 341 g/mol. The molecule has 2 rings (SSSR count). The molecule has 0 heterocycles. The Bertz CT molecular complexity index is 814. The third-order valence-corrected chi connectivity index (χ3v) is 3.21. The van der Waals surface area contributed by atoms with Crippen molar-refractivity contribution in [3.05, 3.63) is 81.4 Å². The highest BCUT2D eigenvalue weighted by atomic mass is 16.6. The molecule has 0 saturated carbocycles.